The molecule has 0 radical (unpaired) electrons. The molecule has 4 heteroatoms. The number of hydrogen-bond donors (Lipinski definition) is 0. The van der Waals surface area contributed by atoms with Crippen molar-refractivity contribution >= 4 is 5.78 Å². The van der Waals surface area contributed by atoms with Crippen LogP contribution in [0.4, 0.5) is 0 Å². The van der Waals surface area contributed by atoms with Crippen LogP contribution in [0, 0.1) is 0 Å². The van der Waals surface area contributed by atoms with E-state index in [1.54, 1.807) is 31.4 Å². The Morgan fingerprint density at radius 3 is 2.53 bits per heavy atom. The van der Waals surface area contributed by atoms with E-state index in [4.69, 9.17) is 13.9 Å². The van der Waals surface area contributed by atoms with Gasteiger partial charge < -0.3 is 13.9 Å². The minimum Gasteiger partial charge on any atom is -0.497 e. The van der Waals surface area contributed by atoms with Gasteiger partial charge in [-0.1, -0.05) is 6.92 Å². The van der Waals surface area contributed by atoms with Crippen LogP contribution in [0.2, 0.25) is 0 Å². The highest BCUT2D eigenvalue weighted by atomic mass is 16.5. The maximum absolute atomic E-state index is 12.3. The zero-order valence-corrected chi connectivity index (χ0v) is 11.2. The van der Waals surface area contributed by atoms with Crippen LogP contribution in [-0.4, -0.2) is 20.0 Å². The average Bonchev–Trinajstić information content (AvgIpc) is 2.94. The van der Waals surface area contributed by atoms with Crippen molar-refractivity contribution in [3.8, 4) is 11.5 Å². The number of hydrogen-bond acceptors (Lipinski definition) is 4. The van der Waals surface area contributed by atoms with Crippen LogP contribution in [0.1, 0.15) is 28.8 Å². The van der Waals surface area contributed by atoms with Gasteiger partial charge in [0.25, 0.3) is 0 Å². The van der Waals surface area contributed by atoms with Crippen molar-refractivity contribution in [3.05, 3.63) is 47.4 Å². The topological polar surface area (TPSA) is 48.7 Å². The zero-order chi connectivity index (χ0) is 13.8. The first kappa shape index (κ1) is 13.2. The molecular formula is C15H16O4. The first-order chi connectivity index (χ1) is 9.19. The van der Waals surface area contributed by atoms with E-state index >= 15 is 0 Å². The van der Waals surface area contributed by atoms with E-state index in [0.717, 1.165) is 12.2 Å². The van der Waals surface area contributed by atoms with Gasteiger partial charge in [0.2, 0.25) is 5.78 Å². The molecule has 0 aliphatic carbocycles. The number of rotatable bonds is 5. The SMILES string of the molecule is CCc1ccc(C(=O)c2ccc(OC)cc2OC)o1. The van der Waals surface area contributed by atoms with E-state index in [2.05, 4.69) is 0 Å². The van der Waals surface area contributed by atoms with Crippen LogP contribution >= 0.6 is 0 Å². The molecule has 1 aromatic heterocycles. The molecule has 2 rings (SSSR count). The smallest absolute Gasteiger partial charge is 0.231 e. The number of furan rings is 1. The summed E-state index contributed by atoms with van der Waals surface area (Å²) < 4.78 is 15.8. The second-order valence-corrected chi connectivity index (χ2v) is 4.01. The van der Waals surface area contributed by atoms with Crippen LogP contribution in [0.15, 0.2) is 34.7 Å². The molecule has 0 atom stereocenters. The molecule has 0 aliphatic heterocycles. The summed E-state index contributed by atoms with van der Waals surface area (Å²) in [5.41, 5.74) is 0.459. The van der Waals surface area contributed by atoms with Crippen LogP contribution < -0.4 is 9.47 Å². The Morgan fingerprint density at radius 1 is 1.16 bits per heavy atom. The fourth-order valence-electron chi connectivity index (χ4n) is 1.81. The highest BCUT2D eigenvalue weighted by Crippen LogP contribution is 2.27. The molecule has 0 amide bonds. The molecule has 2 aromatic rings. The monoisotopic (exact) mass is 260 g/mol. The van der Waals surface area contributed by atoms with Crippen molar-refractivity contribution in [1.29, 1.82) is 0 Å². The number of benzene rings is 1. The van der Waals surface area contributed by atoms with Crippen molar-refractivity contribution < 1.29 is 18.7 Å². The van der Waals surface area contributed by atoms with Crippen LogP contribution in [0.5, 0.6) is 11.5 Å². The number of ether oxygens (including phenoxy) is 2. The van der Waals surface area contributed by atoms with Gasteiger partial charge in [-0.25, -0.2) is 0 Å². The lowest BCUT2D eigenvalue weighted by Crippen LogP contribution is -2.03. The highest BCUT2D eigenvalue weighted by molar-refractivity contribution is 6.09. The van der Waals surface area contributed by atoms with E-state index in [1.165, 1.54) is 7.11 Å². The van der Waals surface area contributed by atoms with Crippen LogP contribution in [0.25, 0.3) is 0 Å². The van der Waals surface area contributed by atoms with Crippen molar-refractivity contribution in [2.75, 3.05) is 14.2 Å². The molecule has 0 saturated carbocycles. The lowest BCUT2D eigenvalue weighted by molar-refractivity contribution is 0.100. The second-order valence-electron chi connectivity index (χ2n) is 4.01. The Bertz CT molecular complexity index is 584. The molecule has 19 heavy (non-hydrogen) atoms. The number of carbonyl (C=O) groups excluding carboxylic acids is 1. The summed E-state index contributed by atoms with van der Waals surface area (Å²) in [7, 11) is 3.08. The van der Waals surface area contributed by atoms with E-state index in [1.807, 2.05) is 13.0 Å². The summed E-state index contributed by atoms with van der Waals surface area (Å²) in [5.74, 6) is 2.02. The van der Waals surface area contributed by atoms with Gasteiger partial charge in [0.1, 0.15) is 17.3 Å². The molecule has 0 fully saturated rings. The van der Waals surface area contributed by atoms with E-state index in [0.29, 0.717) is 22.8 Å². The molecule has 4 nitrogen and oxygen atoms in total. The van der Waals surface area contributed by atoms with Crippen molar-refractivity contribution in [2.24, 2.45) is 0 Å². The lowest BCUT2D eigenvalue weighted by Gasteiger charge is -2.08. The van der Waals surface area contributed by atoms with Gasteiger partial charge in [0.05, 0.1) is 19.8 Å². The first-order valence-corrected chi connectivity index (χ1v) is 6.05. The molecule has 0 N–H and O–H groups in total. The predicted molar refractivity (Wildman–Crippen MR) is 71.1 cm³/mol. The van der Waals surface area contributed by atoms with Crippen molar-refractivity contribution in [1.82, 2.24) is 0 Å². The number of methoxy groups -OCH3 is 2. The van der Waals surface area contributed by atoms with Gasteiger partial charge in [-0.2, -0.15) is 0 Å². The van der Waals surface area contributed by atoms with Crippen LogP contribution in [-0.2, 0) is 6.42 Å². The summed E-state index contributed by atoms with van der Waals surface area (Å²) in [4.78, 5) is 12.3. The molecule has 0 bridgehead atoms. The molecule has 0 unspecified atom stereocenters. The van der Waals surface area contributed by atoms with Gasteiger partial charge in [0.15, 0.2) is 5.76 Å². The fraction of sp³-hybridized carbons (Fsp3) is 0.267. The Labute approximate surface area is 111 Å². The van der Waals surface area contributed by atoms with E-state index in [9.17, 15) is 4.79 Å². The van der Waals surface area contributed by atoms with Gasteiger partial charge in [-0.05, 0) is 24.3 Å². The Morgan fingerprint density at radius 2 is 1.95 bits per heavy atom. The standard InChI is InChI=1S/C15H16O4/c1-4-10-6-8-13(19-10)15(16)12-7-5-11(17-2)9-14(12)18-3/h5-9H,4H2,1-3H3. The molecular weight excluding hydrogens is 244 g/mol. The normalized spacial score (nSPS) is 10.3. The molecule has 1 aromatic carbocycles. The van der Waals surface area contributed by atoms with Crippen molar-refractivity contribution in [3.63, 3.8) is 0 Å². The third-order valence-corrected chi connectivity index (χ3v) is 2.89. The number of aryl methyl sites for hydroxylation is 1. The van der Waals surface area contributed by atoms with Crippen LogP contribution in [0.3, 0.4) is 0 Å². The molecule has 0 saturated heterocycles. The summed E-state index contributed by atoms with van der Waals surface area (Å²) in [6.07, 6.45) is 0.757. The summed E-state index contributed by atoms with van der Waals surface area (Å²) in [5, 5.41) is 0. The van der Waals surface area contributed by atoms with Crippen molar-refractivity contribution in [2.45, 2.75) is 13.3 Å². The van der Waals surface area contributed by atoms with E-state index < -0.39 is 0 Å². The largest absolute Gasteiger partial charge is 0.497 e. The fourth-order valence-corrected chi connectivity index (χ4v) is 1.81. The minimum absolute atomic E-state index is 0.195. The number of ketones is 1. The van der Waals surface area contributed by atoms with Gasteiger partial charge in [-0.15, -0.1) is 0 Å². The molecule has 0 spiro atoms. The minimum atomic E-state index is -0.195. The third-order valence-electron chi connectivity index (χ3n) is 2.89. The Hall–Kier alpha value is -2.23. The molecule has 100 valence electrons. The third kappa shape index (κ3) is 2.62. The Kier molecular flexibility index (Phi) is 3.90. The lowest BCUT2D eigenvalue weighted by atomic mass is 10.1. The highest BCUT2D eigenvalue weighted by Gasteiger charge is 2.18. The molecule has 1 heterocycles. The first-order valence-electron chi connectivity index (χ1n) is 6.05. The zero-order valence-electron chi connectivity index (χ0n) is 11.2. The Balaban J connectivity index is 2.37. The second kappa shape index (κ2) is 5.61. The maximum Gasteiger partial charge on any atom is 0.231 e. The summed E-state index contributed by atoms with van der Waals surface area (Å²) >= 11 is 0. The number of carbonyl (C=O) groups is 1. The quantitative estimate of drug-likeness (QED) is 0.775. The van der Waals surface area contributed by atoms with Gasteiger partial charge in [-0.3, -0.25) is 4.79 Å². The molecule has 0 aliphatic rings. The van der Waals surface area contributed by atoms with E-state index in [-0.39, 0.29) is 5.78 Å². The summed E-state index contributed by atoms with van der Waals surface area (Å²) in [6, 6.07) is 8.57. The van der Waals surface area contributed by atoms with Gasteiger partial charge >= 0.3 is 0 Å². The average molecular weight is 260 g/mol. The maximum atomic E-state index is 12.3. The predicted octanol–water partition coefficient (Wildman–Crippen LogP) is 3.09. The summed E-state index contributed by atoms with van der Waals surface area (Å²) in [6.45, 7) is 1.97. The van der Waals surface area contributed by atoms with Gasteiger partial charge in [0, 0.05) is 12.5 Å².